The maximum Gasteiger partial charge on any atom is 0.338 e. The van der Waals surface area contributed by atoms with E-state index in [1.807, 2.05) is 6.92 Å². The van der Waals surface area contributed by atoms with Gasteiger partial charge in [-0.3, -0.25) is 9.63 Å². The molecule has 0 aliphatic carbocycles. The lowest BCUT2D eigenvalue weighted by Crippen LogP contribution is -2.66. The second kappa shape index (κ2) is 25.4. The molecule has 0 fully saturated rings. The number of carbonyl (C=O) groups is 2. The van der Waals surface area contributed by atoms with Crippen LogP contribution in [-0.4, -0.2) is 79.5 Å². The van der Waals surface area contributed by atoms with Gasteiger partial charge in [-0.05, 0) is 19.3 Å². The maximum absolute atomic E-state index is 12.5. The molecule has 0 aromatic heterocycles. The lowest BCUT2D eigenvalue weighted by molar-refractivity contribution is -0.174. The number of nitrogens with one attached hydrogen (secondary N) is 1. The molecule has 0 rings (SSSR count). The van der Waals surface area contributed by atoms with Crippen molar-refractivity contribution in [3.63, 3.8) is 0 Å². The van der Waals surface area contributed by atoms with Crippen molar-refractivity contribution >= 4 is 11.9 Å². The van der Waals surface area contributed by atoms with Crippen LogP contribution in [0, 0.1) is 0 Å². The molecule has 1 unspecified atom stereocenters. The summed E-state index contributed by atoms with van der Waals surface area (Å²) in [5.74, 6) is -2.24. The summed E-state index contributed by atoms with van der Waals surface area (Å²) in [6.45, 7) is 9.10. The summed E-state index contributed by atoms with van der Waals surface area (Å²) in [6.07, 6.45) is 14.1. The Morgan fingerprint density at radius 1 is 0.650 bits per heavy atom. The van der Waals surface area contributed by atoms with Gasteiger partial charge in [0.2, 0.25) is 5.91 Å². The average molecular weight is 577 g/mol. The van der Waals surface area contributed by atoms with Gasteiger partial charge in [0.15, 0.2) is 5.60 Å². The van der Waals surface area contributed by atoms with E-state index in [2.05, 4.69) is 19.3 Å². The van der Waals surface area contributed by atoms with Gasteiger partial charge in [0.25, 0.3) is 0 Å². The highest BCUT2D eigenvalue weighted by molar-refractivity contribution is 5.87. The van der Waals surface area contributed by atoms with E-state index in [4.69, 9.17) is 24.8 Å². The SMILES string of the molecule is CCCCCCCCCCCCC(N)(CCC)[C@@](O)(CC(=O)NOCCOCCOCCOCCCC)C(=O)O. The van der Waals surface area contributed by atoms with Crippen LogP contribution in [0.3, 0.4) is 0 Å². The molecule has 5 N–H and O–H groups in total. The zero-order chi connectivity index (χ0) is 30.0. The van der Waals surface area contributed by atoms with Gasteiger partial charge in [0.05, 0.1) is 51.6 Å². The van der Waals surface area contributed by atoms with E-state index in [0.29, 0.717) is 52.1 Å². The molecule has 238 valence electrons. The van der Waals surface area contributed by atoms with Gasteiger partial charge in [-0.1, -0.05) is 97.8 Å². The van der Waals surface area contributed by atoms with Crippen molar-refractivity contribution < 1.29 is 38.9 Å². The molecule has 0 spiro atoms. The van der Waals surface area contributed by atoms with Crippen LogP contribution >= 0.6 is 0 Å². The average Bonchev–Trinajstić information content (AvgIpc) is 2.92. The number of ether oxygens (including phenoxy) is 3. The third kappa shape index (κ3) is 18.2. The number of aliphatic carboxylic acids is 1. The van der Waals surface area contributed by atoms with E-state index in [9.17, 15) is 19.8 Å². The fourth-order valence-electron chi connectivity index (χ4n) is 4.67. The van der Waals surface area contributed by atoms with Gasteiger partial charge in [-0.15, -0.1) is 0 Å². The van der Waals surface area contributed by atoms with Gasteiger partial charge in [-0.2, -0.15) is 0 Å². The number of rotatable bonds is 30. The molecule has 0 aromatic rings. The van der Waals surface area contributed by atoms with Crippen molar-refractivity contribution in [3.05, 3.63) is 0 Å². The number of hydrogen-bond acceptors (Lipinski definition) is 8. The highest BCUT2D eigenvalue weighted by Crippen LogP contribution is 2.34. The molecule has 0 saturated carbocycles. The number of hydroxylamine groups is 1. The Hall–Kier alpha value is -1.30. The molecular formula is C30H60N2O8. The van der Waals surface area contributed by atoms with Gasteiger partial charge in [-0.25, -0.2) is 10.3 Å². The smallest absolute Gasteiger partial charge is 0.338 e. The number of unbranched alkanes of at least 4 members (excludes halogenated alkanes) is 10. The summed E-state index contributed by atoms with van der Waals surface area (Å²) in [5.41, 5.74) is 4.91. The van der Waals surface area contributed by atoms with Crippen molar-refractivity contribution in [1.82, 2.24) is 5.48 Å². The monoisotopic (exact) mass is 576 g/mol. The highest BCUT2D eigenvalue weighted by Gasteiger charge is 2.54. The first kappa shape index (κ1) is 38.7. The quantitative estimate of drug-likeness (QED) is 0.0692. The van der Waals surface area contributed by atoms with Crippen molar-refractivity contribution in [2.24, 2.45) is 5.73 Å². The zero-order valence-electron chi connectivity index (χ0n) is 25.7. The Balaban J connectivity index is 4.32. The van der Waals surface area contributed by atoms with Crippen molar-refractivity contribution in [3.8, 4) is 0 Å². The van der Waals surface area contributed by atoms with Crippen LogP contribution in [0.1, 0.15) is 124 Å². The number of carboxylic acid groups (broad SMARTS) is 1. The van der Waals surface area contributed by atoms with E-state index in [1.165, 1.54) is 38.5 Å². The fraction of sp³-hybridized carbons (Fsp3) is 0.933. The number of carbonyl (C=O) groups excluding carboxylic acids is 1. The molecule has 1 amide bonds. The number of nitrogens with two attached hydrogens (primary N) is 1. The van der Waals surface area contributed by atoms with E-state index < -0.39 is 29.4 Å². The maximum atomic E-state index is 12.5. The van der Waals surface area contributed by atoms with Crippen LogP contribution in [0.4, 0.5) is 0 Å². The molecule has 40 heavy (non-hydrogen) atoms. The van der Waals surface area contributed by atoms with Crippen LogP contribution in [0.5, 0.6) is 0 Å². The Morgan fingerprint density at radius 3 is 1.62 bits per heavy atom. The first-order valence-electron chi connectivity index (χ1n) is 15.7. The second-order valence-electron chi connectivity index (χ2n) is 10.7. The number of amides is 1. The van der Waals surface area contributed by atoms with Crippen LogP contribution in [0.25, 0.3) is 0 Å². The minimum Gasteiger partial charge on any atom is -0.479 e. The second-order valence-corrected chi connectivity index (χ2v) is 10.7. The van der Waals surface area contributed by atoms with E-state index in [-0.39, 0.29) is 13.2 Å². The molecule has 0 aromatic carbocycles. The van der Waals surface area contributed by atoms with Crippen LogP contribution in [0.2, 0.25) is 0 Å². The summed E-state index contributed by atoms with van der Waals surface area (Å²) in [6, 6.07) is 0. The summed E-state index contributed by atoms with van der Waals surface area (Å²) < 4.78 is 16.2. The molecule has 0 radical (unpaired) electrons. The third-order valence-corrected chi connectivity index (χ3v) is 7.17. The molecular weight excluding hydrogens is 516 g/mol. The minimum atomic E-state index is -2.40. The van der Waals surface area contributed by atoms with Crippen LogP contribution in [0.15, 0.2) is 0 Å². The van der Waals surface area contributed by atoms with Gasteiger partial charge >= 0.3 is 5.97 Å². The Bertz CT molecular complexity index is 625. The van der Waals surface area contributed by atoms with Gasteiger partial charge in [0, 0.05) is 6.61 Å². The Morgan fingerprint density at radius 2 is 1.12 bits per heavy atom. The van der Waals surface area contributed by atoms with Crippen molar-refractivity contribution in [1.29, 1.82) is 0 Å². The molecule has 0 bridgehead atoms. The van der Waals surface area contributed by atoms with Crippen molar-refractivity contribution in [2.75, 3.05) is 46.2 Å². The lowest BCUT2D eigenvalue weighted by atomic mass is 9.71. The third-order valence-electron chi connectivity index (χ3n) is 7.17. The Kier molecular flexibility index (Phi) is 24.6. The molecule has 0 aliphatic heterocycles. The van der Waals surface area contributed by atoms with Crippen LogP contribution in [-0.2, 0) is 28.6 Å². The number of carboxylic acids is 1. The van der Waals surface area contributed by atoms with E-state index >= 15 is 0 Å². The van der Waals surface area contributed by atoms with E-state index in [0.717, 1.165) is 38.7 Å². The molecule has 0 saturated heterocycles. The summed E-state index contributed by atoms with van der Waals surface area (Å²) in [4.78, 5) is 29.7. The predicted octanol–water partition coefficient (Wildman–Crippen LogP) is 4.90. The summed E-state index contributed by atoms with van der Waals surface area (Å²) in [5, 5.41) is 21.1. The molecule has 0 aliphatic rings. The fourth-order valence-corrected chi connectivity index (χ4v) is 4.67. The summed E-state index contributed by atoms with van der Waals surface area (Å²) in [7, 11) is 0. The highest BCUT2D eigenvalue weighted by atomic mass is 16.7. The topological polar surface area (TPSA) is 150 Å². The lowest BCUT2D eigenvalue weighted by Gasteiger charge is -2.41. The molecule has 10 heteroatoms. The summed E-state index contributed by atoms with van der Waals surface area (Å²) >= 11 is 0. The first-order valence-corrected chi connectivity index (χ1v) is 15.7. The number of aliphatic hydroxyl groups is 1. The first-order chi connectivity index (χ1) is 19.3. The largest absolute Gasteiger partial charge is 0.479 e. The molecule has 2 atom stereocenters. The minimum absolute atomic E-state index is 0.0682. The van der Waals surface area contributed by atoms with E-state index in [1.54, 1.807) is 0 Å². The molecule has 0 heterocycles. The van der Waals surface area contributed by atoms with Crippen molar-refractivity contribution in [2.45, 2.75) is 135 Å². The molecule has 10 nitrogen and oxygen atoms in total. The van der Waals surface area contributed by atoms with Gasteiger partial charge in [0.1, 0.15) is 0 Å². The predicted molar refractivity (Wildman–Crippen MR) is 157 cm³/mol. The van der Waals surface area contributed by atoms with Crippen LogP contribution < -0.4 is 11.2 Å². The zero-order valence-corrected chi connectivity index (χ0v) is 25.7. The normalized spacial score (nSPS) is 14.5. The number of hydrogen-bond donors (Lipinski definition) is 4. The standard InChI is InChI=1S/C30H60N2O8/c1-4-7-9-10-11-12-13-14-15-16-18-29(31,17-6-3)30(36,28(34)35)26-27(33)32-40-25-24-39-23-22-38-21-20-37-19-8-5-2/h36H,4-26,31H2,1-3H3,(H,32,33)(H,34,35)/t29?,30-/m1/s1. The van der Waals surface area contributed by atoms with Gasteiger partial charge < -0.3 is 30.2 Å². The Labute approximate surface area is 243 Å².